The predicted octanol–water partition coefficient (Wildman–Crippen LogP) is 5.23. The summed E-state index contributed by atoms with van der Waals surface area (Å²) in [7, 11) is 1.62. The van der Waals surface area contributed by atoms with E-state index in [0.717, 1.165) is 12.1 Å². The zero-order valence-electron chi connectivity index (χ0n) is 10.4. The molecule has 0 bridgehead atoms. The smallest absolute Gasteiger partial charge is 0.142 e. The maximum Gasteiger partial charge on any atom is 0.142 e. The molecule has 0 spiro atoms. The van der Waals surface area contributed by atoms with Crippen LogP contribution in [0, 0.1) is 11.6 Å². The van der Waals surface area contributed by atoms with Crippen molar-refractivity contribution in [2.24, 2.45) is 0 Å². The normalized spacial score (nSPS) is 12.5. The summed E-state index contributed by atoms with van der Waals surface area (Å²) in [6, 6.07) is 6.37. The van der Waals surface area contributed by atoms with Crippen molar-refractivity contribution in [3.8, 4) is 0 Å². The summed E-state index contributed by atoms with van der Waals surface area (Å²) in [5, 5.41) is 3.27. The molecule has 0 amide bonds. The minimum atomic E-state index is -0.693. The van der Waals surface area contributed by atoms with Gasteiger partial charge in [-0.25, -0.2) is 8.78 Å². The fourth-order valence-corrected chi connectivity index (χ4v) is 2.55. The van der Waals surface area contributed by atoms with Gasteiger partial charge in [-0.2, -0.15) is 0 Å². The molecule has 2 aromatic carbocycles. The van der Waals surface area contributed by atoms with Crippen LogP contribution in [0.15, 0.2) is 30.3 Å². The topological polar surface area (TPSA) is 12.0 Å². The highest BCUT2D eigenvalue weighted by molar-refractivity contribution is 6.42. The molecular weight excluding hydrogens is 327 g/mol. The van der Waals surface area contributed by atoms with Gasteiger partial charge in [0, 0.05) is 5.56 Å². The van der Waals surface area contributed by atoms with E-state index in [0.29, 0.717) is 15.6 Å². The molecule has 1 unspecified atom stereocenters. The Labute approximate surface area is 130 Å². The molecule has 0 heterocycles. The van der Waals surface area contributed by atoms with E-state index < -0.39 is 17.7 Å². The van der Waals surface area contributed by atoms with Crippen molar-refractivity contribution >= 4 is 34.8 Å². The van der Waals surface area contributed by atoms with E-state index in [1.54, 1.807) is 25.2 Å². The first-order chi connectivity index (χ1) is 9.45. The van der Waals surface area contributed by atoms with E-state index in [-0.39, 0.29) is 10.6 Å². The van der Waals surface area contributed by atoms with Crippen LogP contribution < -0.4 is 5.32 Å². The SMILES string of the molecule is CNC(c1cc(F)c(Cl)cc1F)c1cccc(Cl)c1Cl. The molecule has 6 heteroatoms. The van der Waals surface area contributed by atoms with Crippen LogP contribution in [-0.4, -0.2) is 7.05 Å². The lowest BCUT2D eigenvalue weighted by atomic mass is 9.98. The quantitative estimate of drug-likeness (QED) is 0.756. The van der Waals surface area contributed by atoms with Crippen molar-refractivity contribution in [1.82, 2.24) is 5.32 Å². The maximum absolute atomic E-state index is 14.0. The summed E-state index contributed by atoms with van der Waals surface area (Å²) in [6.45, 7) is 0. The van der Waals surface area contributed by atoms with Crippen LogP contribution in [0.1, 0.15) is 17.2 Å². The van der Waals surface area contributed by atoms with Crippen LogP contribution in [0.3, 0.4) is 0 Å². The predicted molar refractivity (Wildman–Crippen MR) is 78.7 cm³/mol. The van der Waals surface area contributed by atoms with E-state index >= 15 is 0 Å². The molecule has 1 atom stereocenters. The monoisotopic (exact) mass is 335 g/mol. The molecule has 0 radical (unpaired) electrons. The Kier molecular flexibility index (Phi) is 4.86. The first-order valence-corrected chi connectivity index (χ1v) is 6.84. The van der Waals surface area contributed by atoms with E-state index in [1.807, 2.05) is 0 Å². The van der Waals surface area contributed by atoms with Gasteiger partial charge in [-0.05, 0) is 30.8 Å². The van der Waals surface area contributed by atoms with Gasteiger partial charge in [0.05, 0.1) is 21.1 Å². The molecule has 1 N–H and O–H groups in total. The van der Waals surface area contributed by atoms with Crippen LogP contribution in [0.2, 0.25) is 15.1 Å². The molecule has 1 nitrogen and oxygen atoms in total. The van der Waals surface area contributed by atoms with Crippen molar-refractivity contribution < 1.29 is 8.78 Å². The standard InChI is InChI=1S/C14H10Cl3F2N/c1-20-14(7-3-2-4-9(15)13(7)17)8-5-12(19)10(16)6-11(8)18/h2-6,14,20H,1H3. The van der Waals surface area contributed by atoms with Crippen molar-refractivity contribution in [3.63, 3.8) is 0 Å². The van der Waals surface area contributed by atoms with Gasteiger partial charge in [-0.15, -0.1) is 0 Å². The fourth-order valence-electron chi connectivity index (χ4n) is 1.98. The Hall–Kier alpha value is -0.870. The third kappa shape index (κ3) is 2.91. The molecule has 0 saturated heterocycles. The maximum atomic E-state index is 14.0. The highest BCUT2D eigenvalue weighted by atomic mass is 35.5. The molecule has 0 fully saturated rings. The summed E-state index contributed by atoms with van der Waals surface area (Å²) in [5.74, 6) is -1.31. The van der Waals surface area contributed by atoms with Crippen LogP contribution in [0.25, 0.3) is 0 Å². The van der Waals surface area contributed by atoms with Gasteiger partial charge in [0.15, 0.2) is 0 Å². The molecule has 0 saturated carbocycles. The molecule has 0 aliphatic rings. The van der Waals surface area contributed by atoms with Crippen molar-refractivity contribution in [1.29, 1.82) is 0 Å². The highest BCUT2D eigenvalue weighted by Crippen LogP contribution is 2.35. The summed E-state index contributed by atoms with van der Waals surface area (Å²) < 4.78 is 27.6. The lowest BCUT2D eigenvalue weighted by Gasteiger charge is -2.20. The van der Waals surface area contributed by atoms with Gasteiger partial charge in [-0.3, -0.25) is 0 Å². The first kappa shape index (κ1) is 15.5. The Bertz CT molecular complexity index is 647. The van der Waals surface area contributed by atoms with Gasteiger partial charge < -0.3 is 5.32 Å². The van der Waals surface area contributed by atoms with Crippen molar-refractivity contribution in [2.45, 2.75) is 6.04 Å². The van der Waals surface area contributed by atoms with E-state index in [4.69, 9.17) is 34.8 Å². The number of nitrogens with one attached hydrogen (secondary N) is 1. The summed E-state index contributed by atoms with van der Waals surface area (Å²) in [4.78, 5) is 0. The molecular formula is C14H10Cl3F2N. The Balaban J connectivity index is 2.58. The minimum absolute atomic E-state index is 0.110. The van der Waals surface area contributed by atoms with Crippen molar-refractivity contribution in [2.75, 3.05) is 7.05 Å². The van der Waals surface area contributed by atoms with Crippen LogP contribution in [-0.2, 0) is 0 Å². The molecule has 2 rings (SSSR count). The van der Waals surface area contributed by atoms with E-state index in [9.17, 15) is 8.78 Å². The largest absolute Gasteiger partial charge is 0.309 e. The Morgan fingerprint density at radius 1 is 0.950 bits per heavy atom. The van der Waals surface area contributed by atoms with E-state index in [2.05, 4.69) is 5.32 Å². The Morgan fingerprint density at radius 3 is 2.30 bits per heavy atom. The molecule has 0 aliphatic heterocycles. The second kappa shape index (κ2) is 6.27. The van der Waals surface area contributed by atoms with Gasteiger partial charge in [0.1, 0.15) is 11.6 Å². The molecule has 106 valence electrons. The number of hydrogen-bond donors (Lipinski definition) is 1. The fraction of sp³-hybridized carbons (Fsp3) is 0.143. The average Bonchev–Trinajstić information content (AvgIpc) is 2.41. The van der Waals surface area contributed by atoms with Crippen LogP contribution in [0.4, 0.5) is 8.78 Å². The number of hydrogen-bond acceptors (Lipinski definition) is 1. The Morgan fingerprint density at radius 2 is 1.65 bits per heavy atom. The molecule has 0 aliphatic carbocycles. The zero-order valence-corrected chi connectivity index (χ0v) is 12.6. The number of rotatable bonds is 3. The van der Waals surface area contributed by atoms with Gasteiger partial charge >= 0.3 is 0 Å². The average molecular weight is 337 g/mol. The lowest BCUT2D eigenvalue weighted by molar-refractivity contribution is 0.558. The van der Waals surface area contributed by atoms with Crippen LogP contribution in [0.5, 0.6) is 0 Å². The van der Waals surface area contributed by atoms with Crippen molar-refractivity contribution in [3.05, 3.63) is 68.2 Å². The highest BCUT2D eigenvalue weighted by Gasteiger charge is 2.21. The molecule has 2 aromatic rings. The summed E-state index contributed by atoms with van der Waals surface area (Å²) in [6.07, 6.45) is 0. The van der Waals surface area contributed by atoms with Crippen LogP contribution >= 0.6 is 34.8 Å². The second-order valence-electron chi connectivity index (χ2n) is 4.15. The zero-order chi connectivity index (χ0) is 14.9. The van der Waals surface area contributed by atoms with Gasteiger partial charge in [-0.1, -0.05) is 46.9 Å². The third-order valence-electron chi connectivity index (χ3n) is 2.93. The van der Waals surface area contributed by atoms with Gasteiger partial charge in [0.2, 0.25) is 0 Å². The summed E-state index contributed by atoms with van der Waals surface area (Å²) >= 11 is 17.6. The van der Waals surface area contributed by atoms with E-state index in [1.165, 1.54) is 0 Å². The third-order valence-corrected chi connectivity index (χ3v) is 4.05. The lowest BCUT2D eigenvalue weighted by Crippen LogP contribution is -2.19. The molecule has 20 heavy (non-hydrogen) atoms. The number of benzene rings is 2. The van der Waals surface area contributed by atoms with Gasteiger partial charge in [0.25, 0.3) is 0 Å². The minimum Gasteiger partial charge on any atom is -0.309 e. The molecule has 0 aromatic heterocycles. The summed E-state index contributed by atoms with van der Waals surface area (Å²) in [5.41, 5.74) is 0.667. The second-order valence-corrected chi connectivity index (χ2v) is 5.34. The number of halogens is 5. The first-order valence-electron chi connectivity index (χ1n) is 5.71.